The highest BCUT2D eigenvalue weighted by molar-refractivity contribution is 7.89. The third-order valence-electron chi connectivity index (χ3n) is 3.19. The quantitative estimate of drug-likeness (QED) is 0.651. The fourth-order valence-corrected chi connectivity index (χ4v) is 3.30. The van der Waals surface area contributed by atoms with Gasteiger partial charge in [0.1, 0.15) is 5.75 Å². The molecule has 2 aromatic carbocycles. The van der Waals surface area contributed by atoms with Gasteiger partial charge in [0.25, 0.3) is 0 Å². The number of nitrogens with one attached hydrogen (secondary N) is 2. The van der Waals surface area contributed by atoms with Crippen molar-refractivity contribution in [3.8, 4) is 5.75 Å². The van der Waals surface area contributed by atoms with E-state index in [2.05, 4.69) is 10.0 Å². The van der Waals surface area contributed by atoms with Gasteiger partial charge in [0.2, 0.25) is 15.9 Å². The fraction of sp³-hybridized carbons (Fsp3) is 0.235. The summed E-state index contributed by atoms with van der Waals surface area (Å²) in [5.74, 6) is 0.488. The predicted octanol–water partition coefficient (Wildman–Crippen LogP) is 2.20. The highest BCUT2D eigenvalue weighted by Gasteiger charge is 2.13. The standard InChI is InChI=1S/C17H19ClN2O4S/c18-14-5-4-8-16(13-14)25(22,23)20-11-10-19-17(21)9-12-24-15-6-2-1-3-7-15/h1-8,13,20H,9-12H2,(H,19,21). The van der Waals surface area contributed by atoms with E-state index < -0.39 is 10.0 Å². The van der Waals surface area contributed by atoms with Crippen LogP contribution in [0.4, 0.5) is 0 Å². The summed E-state index contributed by atoms with van der Waals surface area (Å²) in [6.45, 7) is 0.522. The Kier molecular flexibility index (Phi) is 7.24. The molecule has 0 spiro atoms. The number of hydrogen-bond acceptors (Lipinski definition) is 4. The summed E-state index contributed by atoms with van der Waals surface area (Å²) in [7, 11) is -3.64. The normalized spacial score (nSPS) is 11.1. The minimum Gasteiger partial charge on any atom is -0.493 e. The Labute approximate surface area is 152 Å². The van der Waals surface area contributed by atoms with Crippen LogP contribution in [0.5, 0.6) is 5.75 Å². The van der Waals surface area contributed by atoms with Crippen molar-refractivity contribution in [2.24, 2.45) is 0 Å². The SMILES string of the molecule is O=C(CCOc1ccccc1)NCCNS(=O)(=O)c1cccc(Cl)c1. The monoisotopic (exact) mass is 382 g/mol. The Bertz CT molecular complexity index is 797. The molecule has 0 aliphatic carbocycles. The number of carbonyl (C=O) groups is 1. The summed E-state index contributed by atoms with van der Waals surface area (Å²) in [5, 5.41) is 2.97. The van der Waals surface area contributed by atoms with Crippen molar-refractivity contribution in [3.05, 3.63) is 59.6 Å². The number of carbonyl (C=O) groups excluding carboxylic acids is 1. The number of para-hydroxylation sites is 1. The second-order valence-electron chi connectivity index (χ2n) is 5.12. The van der Waals surface area contributed by atoms with E-state index in [1.54, 1.807) is 12.1 Å². The van der Waals surface area contributed by atoms with E-state index in [0.29, 0.717) is 10.8 Å². The van der Waals surface area contributed by atoms with Crippen molar-refractivity contribution in [3.63, 3.8) is 0 Å². The maximum absolute atomic E-state index is 12.1. The lowest BCUT2D eigenvalue weighted by molar-refractivity contribution is -0.121. The number of rotatable bonds is 9. The van der Waals surface area contributed by atoms with E-state index in [-0.39, 0.29) is 36.9 Å². The molecule has 0 atom stereocenters. The number of amides is 1. The van der Waals surface area contributed by atoms with E-state index in [1.807, 2.05) is 30.3 Å². The summed E-state index contributed by atoms with van der Waals surface area (Å²) in [4.78, 5) is 11.8. The van der Waals surface area contributed by atoms with Crippen molar-refractivity contribution in [1.82, 2.24) is 10.0 Å². The molecule has 0 saturated carbocycles. The zero-order chi connectivity index (χ0) is 18.1. The molecule has 0 saturated heterocycles. The number of benzene rings is 2. The van der Waals surface area contributed by atoms with Crippen molar-refractivity contribution in [2.45, 2.75) is 11.3 Å². The topological polar surface area (TPSA) is 84.5 Å². The summed E-state index contributed by atoms with van der Waals surface area (Å²) < 4.78 is 31.9. The van der Waals surface area contributed by atoms with Crippen LogP contribution in [0.1, 0.15) is 6.42 Å². The first-order chi connectivity index (χ1) is 12.0. The van der Waals surface area contributed by atoms with Crippen LogP contribution in [0.25, 0.3) is 0 Å². The summed E-state index contributed by atoms with van der Waals surface area (Å²) in [6.07, 6.45) is 0.190. The van der Waals surface area contributed by atoms with Crippen LogP contribution in [-0.2, 0) is 14.8 Å². The molecule has 0 radical (unpaired) electrons. The molecule has 0 aromatic heterocycles. The lowest BCUT2D eigenvalue weighted by Gasteiger charge is -2.09. The molecule has 25 heavy (non-hydrogen) atoms. The van der Waals surface area contributed by atoms with Crippen LogP contribution in [0.15, 0.2) is 59.5 Å². The molecule has 0 aliphatic rings. The lowest BCUT2D eigenvalue weighted by atomic mass is 10.3. The minimum atomic E-state index is -3.64. The fourth-order valence-electron chi connectivity index (χ4n) is 1.97. The van der Waals surface area contributed by atoms with Crippen molar-refractivity contribution < 1.29 is 17.9 Å². The molecule has 2 aromatic rings. The molecule has 2 N–H and O–H groups in total. The van der Waals surface area contributed by atoms with Gasteiger partial charge < -0.3 is 10.1 Å². The van der Waals surface area contributed by atoms with Crippen LogP contribution in [0.3, 0.4) is 0 Å². The second kappa shape index (κ2) is 9.41. The summed E-state index contributed by atoms with van der Waals surface area (Å²) in [5.41, 5.74) is 0. The Hall–Kier alpha value is -2.09. The number of sulfonamides is 1. The van der Waals surface area contributed by atoms with E-state index in [1.165, 1.54) is 12.1 Å². The summed E-state index contributed by atoms with van der Waals surface area (Å²) in [6, 6.07) is 15.2. The molecule has 8 heteroatoms. The number of halogens is 1. The summed E-state index contributed by atoms with van der Waals surface area (Å²) >= 11 is 5.79. The maximum atomic E-state index is 12.1. The molecular weight excluding hydrogens is 364 g/mol. The molecule has 0 fully saturated rings. The van der Waals surface area contributed by atoms with Gasteiger partial charge in [-0.15, -0.1) is 0 Å². The molecule has 0 unspecified atom stereocenters. The Morgan fingerprint density at radius 2 is 1.80 bits per heavy atom. The van der Waals surface area contributed by atoms with Crippen LogP contribution < -0.4 is 14.8 Å². The number of hydrogen-bond donors (Lipinski definition) is 2. The van der Waals surface area contributed by atoms with E-state index in [0.717, 1.165) is 0 Å². The van der Waals surface area contributed by atoms with Gasteiger partial charge >= 0.3 is 0 Å². The lowest BCUT2D eigenvalue weighted by Crippen LogP contribution is -2.35. The molecule has 0 bridgehead atoms. The van der Waals surface area contributed by atoms with Gasteiger partial charge in [-0.25, -0.2) is 13.1 Å². The van der Waals surface area contributed by atoms with E-state index in [9.17, 15) is 13.2 Å². The zero-order valence-corrected chi connectivity index (χ0v) is 15.0. The van der Waals surface area contributed by atoms with Gasteiger partial charge in [0, 0.05) is 18.1 Å². The number of ether oxygens (including phenoxy) is 1. The largest absolute Gasteiger partial charge is 0.493 e. The van der Waals surface area contributed by atoms with E-state index in [4.69, 9.17) is 16.3 Å². The highest BCUT2D eigenvalue weighted by atomic mass is 35.5. The van der Waals surface area contributed by atoms with Crippen LogP contribution >= 0.6 is 11.6 Å². The van der Waals surface area contributed by atoms with Gasteiger partial charge in [-0.2, -0.15) is 0 Å². The zero-order valence-electron chi connectivity index (χ0n) is 13.4. The van der Waals surface area contributed by atoms with Crippen LogP contribution in [-0.4, -0.2) is 34.0 Å². The van der Waals surface area contributed by atoms with Crippen molar-refractivity contribution in [1.29, 1.82) is 0 Å². The molecule has 0 aliphatic heterocycles. The average Bonchev–Trinajstić information content (AvgIpc) is 2.60. The van der Waals surface area contributed by atoms with Gasteiger partial charge in [0.15, 0.2) is 0 Å². The molecule has 6 nitrogen and oxygen atoms in total. The van der Waals surface area contributed by atoms with Crippen LogP contribution in [0.2, 0.25) is 5.02 Å². The first-order valence-corrected chi connectivity index (χ1v) is 9.53. The van der Waals surface area contributed by atoms with Crippen LogP contribution in [0, 0.1) is 0 Å². The third kappa shape index (κ3) is 6.74. The van der Waals surface area contributed by atoms with Gasteiger partial charge in [0.05, 0.1) is 17.9 Å². The Morgan fingerprint density at radius 3 is 2.52 bits per heavy atom. The van der Waals surface area contributed by atoms with Crippen molar-refractivity contribution in [2.75, 3.05) is 19.7 Å². The Balaban J connectivity index is 1.66. The minimum absolute atomic E-state index is 0.0835. The van der Waals surface area contributed by atoms with E-state index >= 15 is 0 Å². The van der Waals surface area contributed by atoms with Gasteiger partial charge in [-0.3, -0.25) is 4.79 Å². The predicted molar refractivity (Wildman–Crippen MR) is 96.2 cm³/mol. The smallest absolute Gasteiger partial charge is 0.240 e. The second-order valence-corrected chi connectivity index (χ2v) is 7.32. The third-order valence-corrected chi connectivity index (χ3v) is 4.88. The molecule has 134 valence electrons. The first kappa shape index (κ1) is 19.2. The Morgan fingerprint density at radius 1 is 1.04 bits per heavy atom. The van der Waals surface area contributed by atoms with Gasteiger partial charge in [-0.1, -0.05) is 35.9 Å². The van der Waals surface area contributed by atoms with Crippen molar-refractivity contribution >= 4 is 27.5 Å². The molecule has 2 rings (SSSR count). The average molecular weight is 383 g/mol. The first-order valence-electron chi connectivity index (χ1n) is 7.67. The van der Waals surface area contributed by atoms with Gasteiger partial charge in [-0.05, 0) is 30.3 Å². The molecule has 0 heterocycles. The highest BCUT2D eigenvalue weighted by Crippen LogP contribution is 2.14. The molecule has 1 amide bonds. The maximum Gasteiger partial charge on any atom is 0.240 e. The molecular formula is C17H19ClN2O4S.